The predicted molar refractivity (Wildman–Crippen MR) is 79.0 cm³/mol. The van der Waals surface area contributed by atoms with Gasteiger partial charge in [-0.3, -0.25) is 0 Å². The number of halogens is 2. The zero-order valence-corrected chi connectivity index (χ0v) is 12.0. The van der Waals surface area contributed by atoms with Crippen molar-refractivity contribution in [1.82, 2.24) is 9.97 Å². The summed E-state index contributed by atoms with van der Waals surface area (Å²) < 4.78 is 13.1. The van der Waals surface area contributed by atoms with Crippen molar-refractivity contribution >= 4 is 11.6 Å². The van der Waals surface area contributed by atoms with E-state index in [0.29, 0.717) is 22.7 Å². The van der Waals surface area contributed by atoms with Crippen LogP contribution in [0.25, 0.3) is 0 Å². The molecule has 1 aromatic carbocycles. The fourth-order valence-electron chi connectivity index (χ4n) is 2.24. The first-order valence-corrected chi connectivity index (χ1v) is 6.69. The van der Waals surface area contributed by atoms with Crippen molar-refractivity contribution in [2.45, 2.75) is 18.3 Å². The average molecular weight is 302 g/mol. The fourth-order valence-corrected chi connectivity index (χ4v) is 2.47. The number of rotatable bonds is 5. The van der Waals surface area contributed by atoms with Gasteiger partial charge in [-0.2, -0.15) is 5.26 Å². The lowest BCUT2D eigenvalue weighted by Gasteiger charge is -2.26. The van der Waals surface area contributed by atoms with Crippen molar-refractivity contribution in [2.75, 3.05) is 0 Å². The van der Waals surface area contributed by atoms with Crippen LogP contribution in [-0.2, 0) is 11.8 Å². The molecular weight excluding hydrogens is 289 g/mol. The van der Waals surface area contributed by atoms with E-state index in [2.05, 4.69) is 22.6 Å². The van der Waals surface area contributed by atoms with Gasteiger partial charge in [-0.05, 0) is 23.8 Å². The number of nitrogens with zero attached hydrogens (tertiary/aromatic N) is 3. The summed E-state index contributed by atoms with van der Waals surface area (Å²) in [5.74, 6) is -0.350. The molecule has 0 aliphatic heterocycles. The highest BCUT2D eigenvalue weighted by Gasteiger charge is 2.33. The smallest absolute Gasteiger partial charge is 0.123 e. The normalized spacial score (nSPS) is 13.2. The fraction of sp³-hybridized carbons (Fsp3) is 0.188. The topological polar surface area (TPSA) is 49.6 Å². The van der Waals surface area contributed by atoms with E-state index < -0.39 is 5.41 Å². The molecule has 1 aromatic heterocycles. The van der Waals surface area contributed by atoms with Gasteiger partial charge < -0.3 is 0 Å². The summed E-state index contributed by atoms with van der Waals surface area (Å²) >= 11 is 5.94. The van der Waals surface area contributed by atoms with E-state index in [9.17, 15) is 9.65 Å². The van der Waals surface area contributed by atoms with Crippen LogP contribution < -0.4 is 0 Å². The van der Waals surface area contributed by atoms with Crippen LogP contribution in [-0.4, -0.2) is 9.97 Å². The molecule has 21 heavy (non-hydrogen) atoms. The number of nitriles is 1. The second-order valence-electron chi connectivity index (χ2n) is 4.77. The Morgan fingerprint density at radius 1 is 1.33 bits per heavy atom. The third-order valence-corrected chi connectivity index (χ3v) is 3.36. The summed E-state index contributed by atoms with van der Waals surface area (Å²) in [6.45, 7) is 3.68. The second kappa shape index (κ2) is 6.47. The lowest BCUT2D eigenvalue weighted by Crippen LogP contribution is -2.28. The molecule has 0 saturated carbocycles. The van der Waals surface area contributed by atoms with Crippen LogP contribution in [0.3, 0.4) is 0 Å². The molecule has 0 aliphatic rings. The van der Waals surface area contributed by atoms with Crippen molar-refractivity contribution in [3.63, 3.8) is 0 Å². The molecule has 1 atom stereocenters. The van der Waals surface area contributed by atoms with Crippen molar-refractivity contribution in [3.8, 4) is 6.07 Å². The van der Waals surface area contributed by atoms with Gasteiger partial charge in [-0.15, -0.1) is 0 Å². The Kier molecular flexibility index (Phi) is 4.66. The van der Waals surface area contributed by atoms with E-state index in [1.807, 2.05) is 0 Å². The molecule has 0 saturated heterocycles. The van der Waals surface area contributed by atoms with Gasteiger partial charge in [0.05, 0.1) is 11.5 Å². The van der Waals surface area contributed by atoms with Gasteiger partial charge in [0.25, 0.3) is 0 Å². The molecule has 3 nitrogen and oxygen atoms in total. The highest BCUT2D eigenvalue weighted by molar-refractivity contribution is 6.29. The monoisotopic (exact) mass is 301 g/mol. The molecule has 0 amide bonds. The maximum absolute atomic E-state index is 13.1. The van der Waals surface area contributed by atoms with E-state index in [4.69, 9.17) is 11.6 Å². The van der Waals surface area contributed by atoms with E-state index in [1.165, 1.54) is 18.5 Å². The van der Waals surface area contributed by atoms with Gasteiger partial charge in [-0.1, -0.05) is 30.3 Å². The highest BCUT2D eigenvalue weighted by atomic mass is 35.5. The predicted octanol–water partition coefficient (Wildman–Crippen LogP) is 3.76. The number of hydrogen-bond acceptors (Lipinski definition) is 3. The minimum absolute atomic E-state index is 0.265. The quantitative estimate of drug-likeness (QED) is 0.845. The van der Waals surface area contributed by atoms with Crippen molar-refractivity contribution in [3.05, 3.63) is 71.5 Å². The van der Waals surface area contributed by atoms with Crippen LogP contribution in [0, 0.1) is 17.1 Å². The van der Waals surface area contributed by atoms with E-state index in [0.717, 1.165) is 0 Å². The summed E-state index contributed by atoms with van der Waals surface area (Å²) in [7, 11) is 0. The maximum atomic E-state index is 13.1. The van der Waals surface area contributed by atoms with Crippen molar-refractivity contribution in [2.24, 2.45) is 0 Å². The van der Waals surface area contributed by atoms with E-state index in [-0.39, 0.29) is 12.2 Å². The molecule has 1 heterocycles. The number of hydrogen-bond donors (Lipinski definition) is 0. The zero-order valence-electron chi connectivity index (χ0n) is 11.3. The number of benzene rings is 1. The molecule has 2 rings (SSSR count). The minimum atomic E-state index is -0.930. The number of allylic oxidation sites excluding steroid dienone is 1. The molecule has 0 aliphatic carbocycles. The molecule has 0 N–H and O–H groups in total. The van der Waals surface area contributed by atoms with Crippen LogP contribution >= 0.6 is 11.6 Å². The maximum Gasteiger partial charge on any atom is 0.123 e. The van der Waals surface area contributed by atoms with Crippen LogP contribution in [0.15, 0.2) is 54.5 Å². The Morgan fingerprint density at radius 3 is 2.57 bits per heavy atom. The van der Waals surface area contributed by atoms with Crippen molar-refractivity contribution in [1.29, 1.82) is 5.26 Å². The highest BCUT2D eigenvalue weighted by Crippen LogP contribution is 2.34. The van der Waals surface area contributed by atoms with Gasteiger partial charge in [0.15, 0.2) is 0 Å². The lowest BCUT2D eigenvalue weighted by atomic mass is 9.75. The van der Waals surface area contributed by atoms with Gasteiger partial charge >= 0.3 is 0 Å². The summed E-state index contributed by atoms with van der Waals surface area (Å²) in [4.78, 5) is 8.01. The third-order valence-electron chi connectivity index (χ3n) is 3.23. The van der Waals surface area contributed by atoms with E-state index in [1.54, 1.807) is 24.4 Å². The zero-order chi connectivity index (χ0) is 15.3. The van der Waals surface area contributed by atoms with Crippen LogP contribution in [0.4, 0.5) is 4.39 Å². The van der Waals surface area contributed by atoms with Gasteiger partial charge in [-0.25, -0.2) is 14.4 Å². The Hall–Kier alpha value is -2.25. The summed E-state index contributed by atoms with van der Waals surface area (Å²) in [6, 6.07) is 9.90. The molecule has 0 radical (unpaired) electrons. The molecule has 1 unspecified atom stereocenters. The Labute approximate surface area is 127 Å². The molecular formula is C16H13ClFN3. The largest absolute Gasteiger partial charge is 0.245 e. The van der Waals surface area contributed by atoms with Crippen LogP contribution in [0.5, 0.6) is 0 Å². The summed E-state index contributed by atoms with van der Waals surface area (Å²) in [6.07, 6.45) is 3.66. The molecule has 0 fully saturated rings. The third kappa shape index (κ3) is 3.65. The van der Waals surface area contributed by atoms with Crippen LogP contribution in [0.1, 0.15) is 17.7 Å². The first-order chi connectivity index (χ1) is 10.1. The molecule has 0 bridgehead atoms. The molecule has 2 aromatic rings. The molecule has 5 heteroatoms. The second-order valence-corrected chi connectivity index (χ2v) is 5.31. The molecule has 0 spiro atoms. The lowest BCUT2D eigenvalue weighted by molar-refractivity contribution is 0.538. The Balaban J connectivity index is 2.45. The van der Waals surface area contributed by atoms with Crippen molar-refractivity contribution < 1.29 is 4.39 Å². The van der Waals surface area contributed by atoms with E-state index >= 15 is 0 Å². The average Bonchev–Trinajstić information content (AvgIpc) is 2.48. The van der Waals surface area contributed by atoms with Crippen LogP contribution in [0.2, 0.25) is 0 Å². The minimum Gasteiger partial charge on any atom is -0.245 e. The van der Waals surface area contributed by atoms with Gasteiger partial charge in [0.1, 0.15) is 12.1 Å². The first-order valence-electron chi connectivity index (χ1n) is 6.31. The first kappa shape index (κ1) is 15.1. The molecule has 106 valence electrons. The van der Waals surface area contributed by atoms with Gasteiger partial charge in [0.2, 0.25) is 0 Å². The SMILES string of the molecule is C=C(Cl)CC(C#N)(Cc1ccncn1)c1ccc(F)cc1. The Bertz CT molecular complexity index is 664. The summed E-state index contributed by atoms with van der Waals surface area (Å²) in [5.41, 5.74) is 0.474. The standard InChI is InChI=1S/C16H13ClFN3/c1-12(17)8-16(10-19,9-15-6-7-20-11-21-15)13-2-4-14(18)5-3-13/h2-7,11H,1,8-9H2. The number of aromatic nitrogens is 2. The Morgan fingerprint density at radius 2 is 2.05 bits per heavy atom. The summed E-state index contributed by atoms with van der Waals surface area (Å²) in [5, 5.41) is 10.1. The van der Waals surface area contributed by atoms with Gasteiger partial charge in [0, 0.05) is 29.8 Å².